The minimum absolute atomic E-state index is 0. The van der Waals surface area contributed by atoms with Crippen molar-refractivity contribution in [3.05, 3.63) is 29.3 Å². The van der Waals surface area contributed by atoms with Gasteiger partial charge in [0, 0.05) is 13.1 Å². The van der Waals surface area contributed by atoms with Crippen LogP contribution in [0.15, 0.2) is 18.2 Å². The van der Waals surface area contributed by atoms with E-state index in [1.165, 1.54) is 11.1 Å². The van der Waals surface area contributed by atoms with Gasteiger partial charge in [-0.1, -0.05) is 39.8 Å². The van der Waals surface area contributed by atoms with Crippen LogP contribution in [0.4, 0.5) is 0 Å². The Labute approximate surface area is 196 Å². The lowest BCUT2D eigenvalue weighted by atomic mass is 10.0. The van der Waals surface area contributed by atoms with Crippen molar-refractivity contribution in [2.24, 2.45) is 0 Å². The van der Waals surface area contributed by atoms with Crippen molar-refractivity contribution in [1.29, 1.82) is 0 Å². The summed E-state index contributed by atoms with van der Waals surface area (Å²) in [6.45, 7) is 14.9. The summed E-state index contributed by atoms with van der Waals surface area (Å²) in [5.41, 5.74) is 2.53. The second-order valence-electron chi connectivity index (χ2n) is 9.29. The molecule has 1 aromatic carbocycles. The van der Waals surface area contributed by atoms with E-state index in [2.05, 4.69) is 66.9 Å². The smallest absolute Gasteiger partial charge is 0.277 e. The van der Waals surface area contributed by atoms with Crippen molar-refractivity contribution < 1.29 is 31.0 Å². The van der Waals surface area contributed by atoms with E-state index in [9.17, 15) is 4.79 Å². The molecule has 0 bridgehead atoms. The first-order valence-corrected chi connectivity index (χ1v) is 11.5. The number of benzene rings is 1. The average molecular weight is 486 g/mol. The average Bonchev–Trinajstić information content (AvgIpc) is 2.65. The number of hydrogen-bond donors (Lipinski definition) is 0. The third-order valence-corrected chi connectivity index (χ3v) is 5.45. The van der Waals surface area contributed by atoms with Crippen LogP contribution in [0.3, 0.4) is 0 Å². The molecule has 0 fully saturated rings. The van der Waals surface area contributed by atoms with E-state index in [0.29, 0.717) is 18.4 Å². The first-order chi connectivity index (χ1) is 13.7. The lowest BCUT2D eigenvalue weighted by molar-refractivity contribution is -0.883. The van der Waals surface area contributed by atoms with Crippen molar-refractivity contribution in [2.75, 3.05) is 46.9 Å². The summed E-state index contributed by atoms with van der Waals surface area (Å²) in [7, 11) is 4.34. The van der Waals surface area contributed by atoms with Gasteiger partial charge in [-0.2, -0.15) is 0 Å². The molecule has 0 aliphatic heterocycles. The van der Waals surface area contributed by atoms with Gasteiger partial charge in [0.15, 0.2) is 6.54 Å². The second kappa shape index (κ2) is 14.9. The minimum atomic E-state index is 0. The number of hydrogen-bond acceptors (Lipinski definition) is 2. The van der Waals surface area contributed by atoms with E-state index in [1.807, 2.05) is 4.90 Å². The van der Waals surface area contributed by atoms with Gasteiger partial charge in [0.2, 0.25) is 0 Å². The molecular weight excluding hydrogens is 440 g/mol. The summed E-state index contributed by atoms with van der Waals surface area (Å²) in [5.74, 6) is 1.83. The Morgan fingerprint density at radius 2 is 1.70 bits per heavy atom. The Balaban J connectivity index is 0.00000841. The van der Waals surface area contributed by atoms with Crippen LogP contribution in [0.25, 0.3) is 0 Å². The van der Waals surface area contributed by atoms with Crippen LogP contribution in [0.1, 0.15) is 76.8 Å². The van der Waals surface area contributed by atoms with Gasteiger partial charge >= 0.3 is 0 Å². The van der Waals surface area contributed by atoms with Gasteiger partial charge in [0.1, 0.15) is 5.75 Å². The van der Waals surface area contributed by atoms with Gasteiger partial charge in [-0.05, 0) is 62.1 Å². The number of carbonyl (C=O) groups excluding carboxylic acids is 1. The van der Waals surface area contributed by atoms with Crippen molar-refractivity contribution in [3.63, 3.8) is 0 Å². The Morgan fingerprint density at radius 3 is 2.27 bits per heavy atom. The van der Waals surface area contributed by atoms with Gasteiger partial charge in [0.05, 0.1) is 27.2 Å². The fourth-order valence-corrected chi connectivity index (χ4v) is 3.58. The zero-order valence-corrected chi connectivity index (χ0v) is 22.1. The summed E-state index contributed by atoms with van der Waals surface area (Å²) in [4.78, 5) is 14.7. The van der Waals surface area contributed by atoms with Crippen LogP contribution in [-0.4, -0.2) is 62.2 Å². The van der Waals surface area contributed by atoms with Gasteiger partial charge in [-0.25, -0.2) is 0 Å². The number of carbonyl (C=O) groups is 1. The molecule has 0 saturated carbocycles. The van der Waals surface area contributed by atoms with Crippen molar-refractivity contribution in [2.45, 2.75) is 72.6 Å². The van der Waals surface area contributed by atoms with Crippen LogP contribution in [-0.2, 0) is 4.79 Å². The standard InChI is InChI=1S/C25H45N2O2.BrH/c1-8-15-26(16-9-2)25(28)20-27(6,7)17-11-10-12-18-29-24-19-23(21(3)4)14-13-22(24)5;/h13-14,19,21H,8-12,15-18,20H2,1-7H3;1H/q+1;/p-1. The summed E-state index contributed by atoms with van der Waals surface area (Å²) < 4.78 is 6.81. The van der Waals surface area contributed by atoms with E-state index in [1.54, 1.807) is 0 Å². The maximum atomic E-state index is 12.6. The number of unbranched alkanes of at least 4 members (excludes halogenated alkanes) is 2. The molecule has 5 heteroatoms. The molecule has 0 aromatic heterocycles. The van der Waals surface area contributed by atoms with E-state index in [-0.39, 0.29) is 17.0 Å². The third-order valence-electron chi connectivity index (χ3n) is 5.45. The zero-order chi connectivity index (χ0) is 21.9. The number of aryl methyl sites for hydroxylation is 1. The van der Waals surface area contributed by atoms with E-state index in [0.717, 1.165) is 68.6 Å². The molecule has 0 unspecified atom stereocenters. The predicted octanol–water partition coefficient (Wildman–Crippen LogP) is 2.40. The van der Waals surface area contributed by atoms with Crippen LogP contribution in [0.5, 0.6) is 5.75 Å². The monoisotopic (exact) mass is 484 g/mol. The lowest BCUT2D eigenvalue weighted by Gasteiger charge is -2.32. The molecular formula is C25H45BrN2O2. The van der Waals surface area contributed by atoms with Gasteiger partial charge in [0.25, 0.3) is 5.91 Å². The van der Waals surface area contributed by atoms with Gasteiger partial charge in [-0.15, -0.1) is 0 Å². The first kappa shape index (κ1) is 28.9. The van der Waals surface area contributed by atoms with Crippen molar-refractivity contribution in [3.8, 4) is 5.75 Å². The fourth-order valence-electron chi connectivity index (χ4n) is 3.58. The van der Waals surface area contributed by atoms with Crippen LogP contribution < -0.4 is 21.7 Å². The molecule has 0 aliphatic rings. The number of quaternary nitrogens is 1. The Kier molecular flexibility index (Phi) is 14.3. The van der Waals surface area contributed by atoms with E-state index in [4.69, 9.17) is 4.74 Å². The number of amides is 1. The maximum absolute atomic E-state index is 12.6. The van der Waals surface area contributed by atoms with Crippen LogP contribution in [0, 0.1) is 6.92 Å². The molecule has 1 amide bonds. The number of likely N-dealkylation sites (N-methyl/N-ethyl adjacent to an activating group) is 1. The first-order valence-electron chi connectivity index (χ1n) is 11.5. The number of ether oxygens (including phenoxy) is 1. The van der Waals surface area contributed by atoms with E-state index < -0.39 is 0 Å². The van der Waals surface area contributed by atoms with Gasteiger partial charge in [-0.3, -0.25) is 4.79 Å². The third kappa shape index (κ3) is 10.8. The maximum Gasteiger partial charge on any atom is 0.277 e. The van der Waals surface area contributed by atoms with Gasteiger partial charge < -0.3 is 31.1 Å². The summed E-state index contributed by atoms with van der Waals surface area (Å²) in [6, 6.07) is 6.53. The fraction of sp³-hybridized carbons (Fsp3) is 0.720. The quantitative estimate of drug-likeness (QED) is 0.299. The van der Waals surface area contributed by atoms with Crippen molar-refractivity contribution in [1.82, 2.24) is 4.90 Å². The summed E-state index contributed by atoms with van der Waals surface area (Å²) >= 11 is 0. The van der Waals surface area contributed by atoms with Crippen molar-refractivity contribution >= 4 is 5.91 Å². The van der Waals surface area contributed by atoms with E-state index >= 15 is 0 Å². The molecule has 4 nitrogen and oxygen atoms in total. The minimum Gasteiger partial charge on any atom is -1.00 e. The summed E-state index contributed by atoms with van der Waals surface area (Å²) in [5, 5.41) is 0. The SMILES string of the molecule is CCCN(CCC)C(=O)C[N+](C)(C)CCCCCOc1cc(C(C)C)ccc1C.[Br-]. The Morgan fingerprint density at radius 1 is 1.07 bits per heavy atom. The highest BCUT2D eigenvalue weighted by Crippen LogP contribution is 2.24. The molecule has 0 heterocycles. The predicted molar refractivity (Wildman–Crippen MR) is 124 cm³/mol. The normalized spacial score (nSPS) is 11.3. The molecule has 30 heavy (non-hydrogen) atoms. The topological polar surface area (TPSA) is 29.5 Å². The summed E-state index contributed by atoms with van der Waals surface area (Å²) in [6.07, 6.45) is 5.36. The molecule has 174 valence electrons. The molecule has 0 radical (unpaired) electrons. The lowest BCUT2D eigenvalue weighted by Crippen LogP contribution is -3.00. The highest BCUT2D eigenvalue weighted by Gasteiger charge is 2.23. The second-order valence-corrected chi connectivity index (χ2v) is 9.29. The Bertz CT molecular complexity index is 611. The Hall–Kier alpha value is -1.07. The molecule has 1 aromatic rings. The van der Waals surface area contributed by atoms with Crippen LogP contribution >= 0.6 is 0 Å². The largest absolute Gasteiger partial charge is 1.00 e. The molecule has 0 aliphatic carbocycles. The molecule has 1 rings (SSSR count). The number of halogens is 1. The highest BCUT2D eigenvalue weighted by atomic mass is 79.9. The van der Waals surface area contributed by atoms with Crippen LogP contribution in [0.2, 0.25) is 0 Å². The number of rotatable bonds is 14. The number of nitrogens with zero attached hydrogens (tertiary/aromatic N) is 2. The zero-order valence-electron chi connectivity index (χ0n) is 20.5. The highest BCUT2D eigenvalue weighted by molar-refractivity contribution is 5.77. The molecule has 0 N–H and O–H groups in total. The molecule has 0 spiro atoms. The molecule has 0 atom stereocenters. The molecule has 0 saturated heterocycles.